The molecule has 0 aliphatic heterocycles. The minimum absolute atomic E-state index is 0.288. The number of hydrogen-bond donors (Lipinski definition) is 1. The van der Waals surface area contributed by atoms with E-state index >= 15 is 0 Å². The van der Waals surface area contributed by atoms with Crippen LogP contribution in [-0.2, 0) is 0 Å². The van der Waals surface area contributed by atoms with E-state index in [0.29, 0.717) is 0 Å². The highest BCUT2D eigenvalue weighted by Gasteiger charge is 2.33. The molecule has 0 saturated carbocycles. The molecular formula is C8H6F5NO3. The van der Waals surface area contributed by atoms with Crippen LogP contribution in [0.1, 0.15) is 12.0 Å². The van der Waals surface area contributed by atoms with Gasteiger partial charge in [0.1, 0.15) is 0 Å². The zero-order valence-corrected chi connectivity index (χ0v) is 8.27. The summed E-state index contributed by atoms with van der Waals surface area (Å²) in [4.78, 5) is 12.7. The molecule has 0 fully saturated rings. The highest BCUT2D eigenvalue weighted by Crippen LogP contribution is 2.31. The molecule has 1 aromatic heterocycles. The van der Waals surface area contributed by atoms with Crippen molar-refractivity contribution < 1.29 is 31.4 Å². The molecular weight excluding hydrogens is 253 g/mol. The molecule has 0 atom stereocenters. The van der Waals surface area contributed by atoms with Crippen LogP contribution in [0.4, 0.5) is 22.0 Å². The Hall–Kier alpha value is -1.80. The average Bonchev–Trinajstić information content (AvgIpc) is 2.17. The number of aromatic amines is 1. The molecule has 0 bridgehead atoms. The van der Waals surface area contributed by atoms with E-state index in [1.165, 1.54) is 0 Å². The highest BCUT2D eigenvalue weighted by atomic mass is 19.4. The Morgan fingerprint density at radius 2 is 1.94 bits per heavy atom. The first-order valence-corrected chi connectivity index (χ1v) is 4.09. The Labute approximate surface area is 91.0 Å². The standard InChI is InChI=1S/C8H6F5NO3/c1-16-7-4(17-8(11,12)13)2-3(5(9)10)6(15)14-7/h2,5H,1H3,(H,14,15). The lowest BCUT2D eigenvalue weighted by Gasteiger charge is -2.12. The van der Waals surface area contributed by atoms with Crippen molar-refractivity contribution in [2.24, 2.45) is 0 Å². The maximum Gasteiger partial charge on any atom is 0.573 e. The fourth-order valence-corrected chi connectivity index (χ4v) is 1.02. The van der Waals surface area contributed by atoms with Crippen LogP contribution in [0, 0.1) is 0 Å². The molecule has 0 amide bonds. The molecule has 1 aromatic rings. The summed E-state index contributed by atoms with van der Waals surface area (Å²) in [5.74, 6) is -1.72. The molecule has 0 aliphatic carbocycles. The zero-order chi connectivity index (χ0) is 13.2. The molecule has 17 heavy (non-hydrogen) atoms. The lowest BCUT2D eigenvalue weighted by atomic mass is 10.3. The summed E-state index contributed by atoms with van der Waals surface area (Å²) in [6.45, 7) is 0. The second-order valence-electron chi connectivity index (χ2n) is 2.80. The smallest absolute Gasteiger partial charge is 0.480 e. The van der Waals surface area contributed by atoms with Crippen molar-refractivity contribution in [2.45, 2.75) is 12.8 Å². The topological polar surface area (TPSA) is 51.3 Å². The van der Waals surface area contributed by atoms with Gasteiger partial charge in [0.05, 0.1) is 12.7 Å². The molecule has 9 heteroatoms. The minimum atomic E-state index is -5.08. The van der Waals surface area contributed by atoms with Gasteiger partial charge in [-0.05, 0) is 0 Å². The van der Waals surface area contributed by atoms with Crippen molar-refractivity contribution in [3.8, 4) is 11.6 Å². The van der Waals surface area contributed by atoms with Crippen molar-refractivity contribution in [1.29, 1.82) is 0 Å². The van der Waals surface area contributed by atoms with Gasteiger partial charge in [0.25, 0.3) is 12.0 Å². The van der Waals surface area contributed by atoms with Crippen LogP contribution >= 0.6 is 0 Å². The molecule has 1 N–H and O–H groups in total. The Morgan fingerprint density at radius 3 is 2.35 bits per heavy atom. The predicted molar refractivity (Wildman–Crippen MR) is 45.3 cm³/mol. The first-order chi connectivity index (χ1) is 7.74. The van der Waals surface area contributed by atoms with E-state index in [0.717, 1.165) is 7.11 Å². The number of H-pyrrole nitrogens is 1. The van der Waals surface area contributed by atoms with E-state index in [-0.39, 0.29) is 6.07 Å². The summed E-state index contributed by atoms with van der Waals surface area (Å²) < 4.78 is 68.2. The van der Waals surface area contributed by atoms with Gasteiger partial charge in [-0.2, -0.15) is 0 Å². The summed E-state index contributed by atoms with van der Waals surface area (Å²) in [7, 11) is 0.955. The van der Waals surface area contributed by atoms with Crippen LogP contribution in [-0.4, -0.2) is 18.5 Å². The van der Waals surface area contributed by atoms with Crippen molar-refractivity contribution in [3.05, 3.63) is 22.0 Å². The number of ether oxygens (including phenoxy) is 2. The Morgan fingerprint density at radius 1 is 1.35 bits per heavy atom. The zero-order valence-electron chi connectivity index (χ0n) is 8.27. The SMILES string of the molecule is COc1[nH]c(=O)c(C(F)F)cc1OC(F)(F)F. The molecule has 0 spiro atoms. The van der Waals surface area contributed by atoms with Crippen molar-refractivity contribution >= 4 is 0 Å². The van der Waals surface area contributed by atoms with Crippen LogP contribution in [0.3, 0.4) is 0 Å². The molecule has 0 aliphatic rings. The fraction of sp³-hybridized carbons (Fsp3) is 0.375. The van der Waals surface area contributed by atoms with Gasteiger partial charge in [0.2, 0.25) is 5.88 Å². The third kappa shape index (κ3) is 3.33. The molecule has 1 heterocycles. The quantitative estimate of drug-likeness (QED) is 0.847. The average molecular weight is 259 g/mol. The van der Waals surface area contributed by atoms with E-state index in [1.54, 1.807) is 4.98 Å². The summed E-state index contributed by atoms with van der Waals surface area (Å²) >= 11 is 0. The largest absolute Gasteiger partial charge is 0.573 e. The Kier molecular flexibility index (Phi) is 3.59. The first-order valence-electron chi connectivity index (χ1n) is 4.09. The number of alkyl halides is 5. The van der Waals surface area contributed by atoms with Crippen molar-refractivity contribution in [1.82, 2.24) is 4.98 Å². The second-order valence-corrected chi connectivity index (χ2v) is 2.80. The van der Waals surface area contributed by atoms with Crippen LogP contribution < -0.4 is 15.0 Å². The van der Waals surface area contributed by atoms with Crippen molar-refractivity contribution in [2.75, 3.05) is 7.11 Å². The molecule has 96 valence electrons. The number of nitrogens with one attached hydrogen (secondary N) is 1. The van der Waals surface area contributed by atoms with E-state index in [1.807, 2.05) is 0 Å². The number of halogens is 5. The molecule has 0 saturated heterocycles. The number of rotatable bonds is 3. The van der Waals surface area contributed by atoms with E-state index in [4.69, 9.17) is 0 Å². The van der Waals surface area contributed by atoms with E-state index in [9.17, 15) is 26.7 Å². The molecule has 4 nitrogen and oxygen atoms in total. The van der Waals surface area contributed by atoms with Gasteiger partial charge in [0, 0.05) is 6.07 Å². The first kappa shape index (κ1) is 13.3. The number of aromatic nitrogens is 1. The maximum absolute atomic E-state index is 12.3. The molecule has 0 aromatic carbocycles. The Balaban J connectivity index is 3.27. The fourth-order valence-electron chi connectivity index (χ4n) is 1.02. The predicted octanol–water partition coefficient (Wildman–Crippen LogP) is 2.22. The Bertz CT molecular complexity index is 453. The van der Waals surface area contributed by atoms with Crippen LogP contribution in [0.2, 0.25) is 0 Å². The van der Waals surface area contributed by atoms with Gasteiger partial charge < -0.3 is 9.47 Å². The second kappa shape index (κ2) is 4.60. The highest BCUT2D eigenvalue weighted by molar-refractivity contribution is 5.36. The number of methoxy groups -OCH3 is 1. The van der Waals surface area contributed by atoms with Gasteiger partial charge in [-0.3, -0.25) is 9.78 Å². The third-order valence-corrected chi connectivity index (χ3v) is 1.66. The number of hydrogen-bond acceptors (Lipinski definition) is 3. The normalized spacial score (nSPS) is 11.7. The van der Waals surface area contributed by atoms with Gasteiger partial charge >= 0.3 is 6.36 Å². The van der Waals surface area contributed by atoms with Crippen LogP contribution in [0.15, 0.2) is 10.9 Å². The lowest BCUT2D eigenvalue weighted by Crippen LogP contribution is -2.21. The minimum Gasteiger partial charge on any atom is -0.480 e. The maximum atomic E-state index is 12.3. The third-order valence-electron chi connectivity index (χ3n) is 1.66. The van der Waals surface area contributed by atoms with Crippen molar-refractivity contribution in [3.63, 3.8) is 0 Å². The lowest BCUT2D eigenvalue weighted by molar-refractivity contribution is -0.275. The van der Waals surface area contributed by atoms with Gasteiger partial charge in [-0.1, -0.05) is 0 Å². The summed E-state index contributed by atoms with van der Waals surface area (Å²) in [6.07, 6.45) is -8.30. The van der Waals surface area contributed by atoms with Gasteiger partial charge in [-0.15, -0.1) is 13.2 Å². The molecule has 1 rings (SSSR count). The molecule has 0 unspecified atom stereocenters. The summed E-state index contributed by atoms with van der Waals surface area (Å²) in [5, 5.41) is 0. The van der Waals surface area contributed by atoms with Crippen LogP contribution in [0.5, 0.6) is 11.6 Å². The summed E-state index contributed by atoms with van der Waals surface area (Å²) in [6, 6.07) is 0.288. The van der Waals surface area contributed by atoms with E-state index in [2.05, 4.69) is 9.47 Å². The molecule has 0 radical (unpaired) electrons. The van der Waals surface area contributed by atoms with Gasteiger partial charge in [-0.25, -0.2) is 8.78 Å². The van der Waals surface area contributed by atoms with E-state index < -0.39 is 35.5 Å². The summed E-state index contributed by atoms with van der Waals surface area (Å²) in [5.41, 5.74) is -2.38. The monoisotopic (exact) mass is 259 g/mol. The van der Waals surface area contributed by atoms with Crippen LogP contribution in [0.25, 0.3) is 0 Å². The number of pyridine rings is 1. The van der Waals surface area contributed by atoms with Gasteiger partial charge in [0.15, 0.2) is 5.75 Å².